The van der Waals surface area contributed by atoms with Gasteiger partial charge in [0.15, 0.2) is 11.5 Å². The second kappa shape index (κ2) is 8.54. The fourth-order valence-electron chi connectivity index (χ4n) is 3.75. The van der Waals surface area contributed by atoms with Crippen molar-refractivity contribution in [2.24, 2.45) is 0 Å². The van der Waals surface area contributed by atoms with Crippen LogP contribution in [-0.4, -0.2) is 73.1 Å². The average Bonchev–Trinajstić information content (AvgIpc) is 2.93. The molecule has 0 spiro atoms. The Morgan fingerprint density at radius 2 is 1.96 bits per heavy atom. The number of hydrogen-bond donors (Lipinski definition) is 1. The number of nitrogens with zero attached hydrogens (tertiary/aromatic N) is 2. The van der Waals surface area contributed by atoms with Crippen molar-refractivity contribution in [2.75, 3.05) is 46.5 Å². The molecule has 1 aromatic rings. The zero-order valence-corrected chi connectivity index (χ0v) is 15.8. The summed E-state index contributed by atoms with van der Waals surface area (Å²) in [5.74, 6) is -0.683. The Morgan fingerprint density at radius 1 is 1.26 bits per heavy atom. The zero-order valence-electron chi connectivity index (χ0n) is 15.8. The number of ketones is 1. The summed E-state index contributed by atoms with van der Waals surface area (Å²) in [6.07, 6.45) is 0.746. The molecular weight excluding hydrogens is 348 g/mol. The summed E-state index contributed by atoms with van der Waals surface area (Å²) in [6.45, 7) is 5.87. The number of benzene rings is 1. The number of carbonyl (C=O) groups is 2. The molecule has 1 N–H and O–H groups in total. The lowest BCUT2D eigenvalue weighted by Crippen LogP contribution is -2.39. The first-order valence-corrected chi connectivity index (χ1v) is 9.22. The number of aliphatic hydroxyl groups excluding tert-OH is 1. The number of morpholine rings is 1. The van der Waals surface area contributed by atoms with Gasteiger partial charge in [0, 0.05) is 31.7 Å². The molecule has 0 unspecified atom stereocenters. The van der Waals surface area contributed by atoms with Crippen LogP contribution in [0.5, 0.6) is 5.75 Å². The van der Waals surface area contributed by atoms with Gasteiger partial charge in [-0.2, -0.15) is 0 Å². The molecule has 27 heavy (non-hydrogen) atoms. The molecule has 146 valence electrons. The molecule has 7 heteroatoms. The van der Waals surface area contributed by atoms with E-state index < -0.39 is 17.7 Å². The van der Waals surface area contributed by atoms with Crippen molar-refractivity contribution < 1.29 is 24.2 Å². The first-order valence-electron chi connectivity index (χ1n) is 9.22. The van der Waals surface area contributed by atoms with E-state index in [1.807, 2.05) is 18.2 Å². The summed E-state index contributed by atoms with van der Waals surface area (Å²) in [4.78, 5) is 28.7. The fourth-order valence-corrected chi connectivity index (χ4v) is 3.75. The molecule has 7 nitrogen and oxygen atoms in total. The molecule has 1 saturated heterocycles. The lowest BCUT2D eigenvalue weighted by molar-refractivity contribution is -0.129. The summed E-state index contributed by atoms with van der Waals surface area (Å²) in [5.41, 5.74) is 0.838. The van der Waals surface area contributed by atoms with E-state index in [2.05, 4.69) is 4.90 Å². The highest BCUT2D eigenvalue weighted by Gasteiger charge is 2.43. The monoisotopic (exact) mass is 374 g/mol. The Kier molecular flexibility index (Phi) is 6.13. The van der Waals surface area contributed by atoms with Crippen LogP contribution >= 0.6 is 0 Å². The Labute approximate surface area is 159 Å². The van der Waals surface area contributed by atoms with Gasteiger partial charge in [-0.05, 0) is 19.4 Å². The van der Waals surface area contributed by atoms with E-state index in [1.54, 1.807) is 18.1 Å². The van der Waals surface area contributed by atoms with Gasteiger partial charge >= 0.3 is 0 Å². The molecule has 1 amide bonds. The van der Waals surface area contributed by atoms with Gasteiger partial charge in [-0.25, -0.2) is 0 Å². The van der Waals surface area contributed by atoms with E-state index in [0.29, 0.717) is 17.9 Å². The van der Waals surface area contributed by atoms with Crippen molar-refractivity contribution in [3.05, 3.63) is 41.2 Å². The van der Waals surface area contributed by atoms with E-state index in [9.17, 15) is 14.7 Å². The predicted molar refractivity (Wildman–Crippen MR) is 99.7 cm³/mol. The van der Waals surface area contributed by atoms with Gasteiger partial charge in [0.1, 0.15) is 5.75 Å². The maximum Gasteiger partial charge on any atom is 0.290 e. The number of rotatable bonds is 7. The van der Waals surface area contributed by atoms with Crippen molar-refractivity contribution in [1.82, 2.24) is 9.80 Å². The van der Waals surface area contributed by atoms with E-state index in [0.717, 1.165) is 39.3 Å². The van der Waals surface area contributed by atoms with E-state index in [-0.39, 0.29) is 11.4 Å². The molecule has 2 aliphatic rings. The van der Waals surface area contributed by atoms with Gasteiger partial charge in [-0.3, -0.25) is 14.5 Å². The van der Waals surface area contributed by atoms with Gasteiger partial charge in [0.05, 0.1) is 31.9 Å². The number of para-hydroxylation sites is 1. The third-order valence-electron chi connectivity index (χ3n) is 5.09. The highest BCUT2D eigenvalue weighted by atomic mass is 16.5. The third kappa shape index (κ3) is 3.99. The molecule has 0 aliphatic carbocycles. The number of ether oxygens (including phenoxy) is 2. The Morgan fingerprint density at radius 3 is 2.63 bits per heavy atom. The molecule has 2 heterocycles. The van der Waals surface area contributed by atoms with Crippen LogP contribution in [0.15, 0.2) is 35.6 Å². The molecule has 0 radical (unpaired) electrons. The average molecular weight is 374 g/mol. The van der Waals surface area contributed by atoms with Crippen LogP contribution in [0, 0.1) is 0 Å². The predicted octanol–water partition coefficient (Wildman–Crippen LogP) is 1.70. The van der Waals surface area contributed by atoms with E-state index in [1.165, 1.54) is 6.92 Å². The Bertz CT molecular complexity index is 740. The zero-order chi connectivity index (χ0) is 19.4. The van der Waals surface area contributed by atoms with Gasteiger partial charge < -0.3 is 19.5 Å². The topological polar surface area (TPSA) is 79.3 Å². The molecule has 1 fully saturated rings. The van der Waals surface area contributed by atoms with Gasteiger partial charge in [-0.15, -0.1) is 0 Å². The molecule has 1 aromatic carbocycles. The summed E-state index contributed by atoms with van der Waals surface area (Å²) in [5, 5.41) is 10.3. The number of aliphatic hydroxyl groups is 1. The highest BCUT2D eigenvalue weighted by molar-refractivity contribution is 6.08. The second-order valence-electron chi connectivity index (χ2n) is 6.77. The SMILES string of the molecule is COc1ccccc1[C@H]1C(C(C)=O)=C(O)C(=O)N1CCCN1CCOCC1. The summed E-state index contributed by atoms with van der Waals surface area (Å²) < 4.78 is 10.8. The number of amides is 1. The Hall–Kier alpha value is -2.38. The minimum Gasteiger partial charge on any atom is -0.503 e. The first-order chi connectivity index (χ1) is 13.0. The Balaban J connectivity index is 1.82. The summed E-state index contributed by atoms with van der Waals surface area (Å²) >= 11 is 0. The molecule has 1 atom stereocenters. The lowest BCUT2D eigenvalue weighted by atomic mass is 9.96. The minimum absolute atomic E-state index is 0.135. The van der Waals surface area contributed by atoms with Crippen molar-refractivity contribution >= 4 is 11.7 Å². The maximum absolute atomic E-state index is 12.7. The van der Waals surface area contributed by atoms with Gasteiger partial charge in [0.25, 0.3) is 5.91 Å². The third-order valence-corrected chi connectivity index (χ3v) is 5.09. The van der Waals surface area contributed by atoms with Crippen LogP contribution in [0.3, 0.4) is 0 Å². The second-order valence-corrected chi connectivity index (χ2v) is 6.77. The molecule has 0 aromatic heterocycles. The van der Waals surface area contributed by atoms with Crippen LogP contribution in [0.25, 0.3) is 0 Å². The molecule has 3 rings (SSSR count). The van der Waals surface area contributed by atoms with Crippen molar-refractivity contribution in [2.45, 2.75) is 19.4 Å². The summed E-state index contributed by atoms with van der Waals surface area (Å²) in [7, 11) is 1.55. The quantitative estimate of drug-likeness (QED) is 0.783. The van der Waals surface area contributed by atoms with Crippen LogP contribution in [0.2, 0.25) is 0 Å². The molecule has 2 aliphatic heterocycles. The standard InChI is InChI=1S/C20H26N2O5/c1-14(23)17-18(15-6-3-4-7-16(15)26-2)22(20(25)19(17)24)9-5-8-21-10-12-27-13-11-21/h3-4,6-7,18,24H,5,8-13H2,1-2H3/t18-/m0/s1. The smallest absolute Gasteiger partial charge is 0.290 e. The number of carbonyl (C=O) groups excluding carboxylic acids is 2. The van der Waals surface area contributed by atoms with Gasteiger partial charge in [0.2, 0.25) is 0 Å². The van der Waals surface area contributed by atoms with Crippen molar-refractivity contribution in [3.63, 3.8) is 0 Å². The van der Waals surface area contributed by atoms with Crippen LogP contribution < -0.4 is 4.74 Å². The first kappa shape index (κ1) is 19.4. The number of methoxy groups -OCH3 is 1. The maximum atomic E-state index is 12.7. The molecular formula is C20H26N2O5. The molecule has 0 bridgehead atoms. The largest absolute Gasteiger partial charge is 0.503 e. The van der Waals surface area contributed by atoms with Gasteiger partial charge in [-0.1, -0.05) is 18.2 Å². The lowest BCUT2D eigenvalue weighted by Gasteiger charge is -2.30. The van der Waals surface area contributed by atoms with Crippen molar-refractivity contribution in [3.8, 4) is 5.75 Å². The van der Waals surface area contributed by atoms with E-state index in [4.69, 9.17) is 9.47 Å². The number of hydrogen-bond acceptors (Lipinski definition) is 6. The van der Waals surface area contributed by atoms with Crippen LogP contribution in [-0.2, 0) is 14.3 Å². The van der Waals surface area contributed by atoms with E-state index >= 15 is 0 Å². The minimum atomic E-state index is -0.629. The highest BCUT2D eigenvalue weighted by Crippen LogP contribution is 2.41. The summed E-state index contributed by atoms with van der Waals surface area (Å²) in [6, 6.07) is 6.66. The van der Waals surface area contributed by atoms with Crippen LogP contribution in [0.1, 0.15) is 24.9 Å². The normalized spacial score (nSPS) is 21.0. The molecule has 0 saturated carbocycles. The number of Topliss-reactive ketones (excluding diaryl/α,β-unsaturated/α-hetero) is 1. The van der Waals surface area contributed by atoms with Crippen LogP contribution in [0.4, 0.5) is 0 Å². The fraction of sp³-hybridized carbons (Fsp3) is 0.500. The van der Waals surface area contributed by atoms with Crippen molar-refractivity contribution in [1.29, 1.82) is 0 Å².